The normalized spacial score (nSPS) is 10.1. The number of benzene rings is 2. The van der Waals surface area contributed by atoms with E-state index < -0.39 is 5.63 Å². The van der Waals surface area contributed by atoms with Crippen molar-refractivity contribution in [3.8, 4) is 11.8 Å². The van der Waals surface area contributed by atoms with Crippen LogP contribution in [0.15, 0.2) is 63.8 Å². The Balaban J connectivity index is 1.63. The van der Waals surface area contributed by atoms with Crippen molar-refractivity contribution in [3.63, 3.8) is 0 Å². The molecule has 1 heterocycles. The van der Waals surface area contributed by atoms with Gasteiger partial charge in [0.15, 0.2) is 6.61 Å². The van der Waals surface area contributed by atoms with Crippen molar-refractivity contribution in [1.82, 2.24) is 0 Å². The van der Waals surface area contributed by atoms with Crippen LogP contribution in [0, 0.1) is 11.3 Å². The summed E-state index contributed by atoms with van der Waals surface area (Å²) in [4.78, 5) is 23.1. The molecule has 0 bridgehead atoms. The molecule has 6 heteroatoms. The van der Waals surface area contributed by atoms with Gasteiger partial charge in [-0.15, -0.1) is 0 Å². The van der Waals surface area contributed by atoms with Crippen molar-refractivity contribution in [2.24, 2.45) is 0 Å². The minimum absolute atomic E-state index is 0.192. The highest BCUT2D eigenvalue weighted by Crippen LogP contribution is 2.19. The summed E-state index contributed by atoms with van der Waals surface area (Å²) in [5.74, 6) is 0.0844. The quantitative estimate of drug-likeness (QED) is 0.746. The minimum Gasteiger partial charge on any atom is -0.484 e. The number of carbonyl (C=O) groups excluding carboxylic acids is 1. The van der Waals surface area contributed by atoms with Crippen molar-refractivity contribution in [1.29, 1.82) is 5.26 Å². The van der Waals surface area contributed by atoms with E-state index in [-0.39, 0.29) is 12.5 Å². The molecule has 0 atom stereocenters. The number of ether oxygens (including phenoxy) is 1. The van der Waals surface area contributed by atoms with E-state index in [1.54, 1.807) is 48.5 Å². The number of nitrogens with one attached hydrogen (secondary N) is 1. The van der Waals surface area contributed by atoms with Crippen LogP contribution in [0.1, 0.15) is 5.56 Å². The third-order valence-corrected chi connectivity index (χ3v) is 3.26. The molecule has 0 saturated carbocycles. The first-order valence-corrected chi connectivity index (χ1v) is 7.11. The van der Waals surface area contributed by atoms with Crippen LogP contribution in [0.3, 0.4) is 0 Å². The average Bonchev–Trinajstić information content (AvgIpc) is 2.60. The number of anilines is 1. The van der Waals surface area contributed by atoms with Gasteiger partial charge in [0.05, 0.1) is 11.6 Å². The second-order valence-electron chi connectivity index (χ2n) is 4.98. The molecule has 3 aromatic rings. The Bertz CT molecular complexity index is 984. The summed E-state index contributed by atoms with van der Waals surface area (Å²) < 4.78 is 10.5. The fourth-order valence-corrected chi connectivity index (χ4v) is 2.10. The number of nitriles is 1. The van der Waals surface area contributed by atoms with Crippen LogP contribution in [0.25, 0.3) is 11.0 Å². The molecule has 118 valence electrons. The molecule has 0 aliphatic heterocycles. The first-order chi connectivity index (χ1) is 11.6. The third kappa shape index (κ3) is 3.59. The second-order valence-corrected chi connectivity index (χ2v) is 4.98. The lowest BCUT2D eigenvalue weighted by molar-refractivity contribution is -0.118. The van der Waals surface area contributed by atoms with Gasteiger partial charge in [0.25, 0.3) is 5.91 Å². The number of carbonyl (C=O) groups is 1. The molecule has 0 spiro atoms. The van der Waals surface area contributed by atoms with E-state index in [4.69, 9.17) is 14.4 Å². The van der Waals surface area contributed by atoms with Crippen molar-refractivity contribution >= 4 is 22.6 Å². The van der Waals surface area contributed by atoms with Crippen molar-refractivity contribution in [2.75, 3.05) is 11.9 Å². The highest BCUT2D eigenvalue weighted by molar-refractivity contribution is 5.92. The molecule has 0 saturated heterocycles. The summed E-state index contributed by atoms with van der Waals surface area (Å²) in [6.45, 7) is -0.192. The van der Waals surface area contributed by atoms with Gasteiger partial charge in [0, 0.05) is 23.2 Å². The van der Waals surface area contributed by atoms with Crippen molar-refractivity contribution < 1.29 is 13.9 Å². The van der Waals surface area contributed by atoms with Crippen LogP contribution in [0.2, 0.25) is 0 Å². The van der Waals surface area contributed by atoms with Crippen molar-refractivity contribution in [3.05, 3.63) is 70.6 Å². The maximum absolute atomic E-state index is 11.9. The first kappa shape index (κ1) is 15.3. The standard InChI is InChI=1S/C18H12N2O4/c19-10-12-1-5-14(6-2-12)20-17(21)11-23-15-7-3-13-4-8-18(22)24-16(13)9-15/h1-9H,11H2,(H,20,21). The lowest BCUT2D eigenvalue weighted by Crippen LogP contribution is -2.20. The van der Waals surface area contributed by atoms with Gasteiger partial charge in [-0.05, 0) is 42.5 Å². The molecule has 0 aliphatic rings. The highest BCUT2D eigenvalue weighted by atomic mass is 16.5. The van der Waals surface area contributed by atoms with Crippen LogP contribution < -0.4 is 15.7 Å². The van der Waals surface area contributed by atoms with Gasteiger partial charge >= 0.3 is 5.63 Å². The molecule has 1 aromatic heterocycles. The molecule has 1 N–H and O–H groups in total. The number of rotatable bonds is 4. The van der Waals surface area contributed by atoms with E-state index in [2.05, 4.69) is 5.32 Å². The fourth-order valence-electron chi connectivity index (χ4n) is 2.10. The summed E-state index contributed by atoms with van der Waals surface area (Å²) in [6.07, 6.45) is 0. The summed E-state index contributed by atoms with van der Waals surface area (Å²) in [5, 5.41) is 12.2. The van der Waals surface area contributed by atoms with E-state index in [1.807, 2.05) is 6.07 Å². The zero-order chi connectivity index (χ0) is 16.9. The number of nitrogens with zero attached hydrogens (tertiary/aromatic N) is 1. The lowest BCUT2D eigenvalue weighted by atomic mass is 10.2. The molecule has 24 heavy (non-hydrogen) atoms. The Morgan fingerprint density at radius 3 is 2.62 bits per heavy atom. The Labute approximate surface area is 136 Å². The maximum atomic E-state index is 11.9. The zero-order valence-corrected chi connectivity index (χ0v) is 12.5. The van der Waals surface area contributed by atoms with Gasteiger partial charge in [-0.3, -0.25) is 4.79 Å². The first-order valence-electron chi connectivity index (χ1n) is 7.11. The van der Waals surface area contributed by atoms with Crippen LogP contribution in [-0.4, -0.2) is 12.5 Å². The van der Waals surface area contributed by atoms with E-state index >= 15 is 0 Å². The Kier molecular flexibility index (Phi) is 4.25. The van der Waals surface area contributed by atoms with Crippen LogP contribution >= 0.6 is 0 Å². The van der Waals surface area contributed by atoms with E-state index in [1.165, 1.54) is 6.07 Å². The summed E-state index contributed by atoms with van der Waals surface area (Å²) in [5.41, 5.74) is 1.04. The Hall–Kier alpha value is -3.59. The molecular formula is C18H12N2O4. The molecule has 3 rings (SSSR count). The Morgan fingerprint density at radius 2 is 1.88 bits per heavy atom. The van der Waals surface area contributed by atoms with Gasteiger partial charge in [0.2, 0.25) is 0 Å². The predicted octanol–water partition coefficient (Wildman–Crippen LogP) is 2.68. The van der Waals surface area contributed by atoms with Gasteiger partial charge in [-0.2, -0.15) is 5.26 Å². The molecule has 2 aromatic carbocycles. The predicted molar refractivity (Wildman–Crippen MR) is 87.8 cm³/mol. The van der Waals surface area contributed by atoms with Gasteiger partial charge in [-0.1, -0.05) is 0 Å². The maximum Gasteiger partial charge on any atom is 0.336 e. The van der Waals surface area contributed by atoms with Crippen LogP contribution in [-0.2, 0) is 4.79 Å². The van der Waals surface area contributed by atoms with Crippen LogP contribution in [0.4, 0.5) is 5.69 Å². The summed E-state index contributed by atoms with van der Waals surface area (Å²) in [6, 6.07) is 16.5. The summed E-state index contributed by atoms with van der Waals surface area (Å²) in [7, 11) is 0. The number of amides is 1. The topological polar surface area (TPSA) is 92.3 Å². The summed E-state index contributed by atoms with van der Waals surface area (Å²) >= 11 is 0. The lowest BCUT2D eigenvalue weighted by Gasteiger charge is -2.08. The fraction of sp³-hybridized carbons (Fsp3) is 0.0556. The molecule has 0 fully saturated rings. The van der Waals surface area contributed by atoms with E-state index in [9.17, 15) is 9.59 Å². The van der Waals surface area contributed by atoms with Crippen LogP contribution in [0.5, 0.6) is 5.75 Å². The molecule has 6 nitrogen and oxygen atoms in total. The molecule has 0 unspecified atom stereocenters. The van der Waals surface area contributed by atoms with Gasteiger partial charge in [-0.25, -0.2) is 4.79 Å². The smallest absolute Gasteiger partial charge is 0.336 e. The molecule has 0 aliphatic carbocycles. The van der Waals surface area contributed by atoms with Crippen molar-refractivity contribution in [2.45, 2.75) is 0 Å². The largest absolute Gasteiger partial charge is 0.484 e. The van der Waals surface area contributed by atoms with Gasteiger partial charge in [0.1, 0.15) is 11.3 Å². The SMILES string of the molecule is N#Cc1ccc(NC(=O)COc2ccc3ccc(=O)oc3c2)cc1. The number of fused-ring (bicyclic) bond motifs is 1. The zero-order valence-electron chi connectivity index (χ0n) is 12.5. The second kappa shape index (κ2) is 6.67. The molecule has 0 radical (unpaired) electrons. The van der Waals surface area contributed by atoms with E-state index in [0.717, 1.165) is 5.39 Å². The van der Waals surface area contributed by atoms with Gasteiger partial charge < -0.3 is 14.5 Å². The minimum atomic E-state index is -0.446. The Morgan fingerprint density at radius 1 is 1.12 bits per heavy atom. The number of hydrogen-bond acceptors (Lipinski definition) is 5. The average molecular weight is 320 g/mol. The third-order valence-electron chi connectivity index (χ3n) is 3.26. The van der Waals surface area contributed by atoms with E-state index in [0.29, 0.717) is 22.6 Å². The highest BCUT2D eigenvalue weighted by Gasteiger charge is 2.05. The molecule has 1 amide bonds. The monoisotopic (exact) mass is 320 g/mol. The molecular weight excluding hydrogens is 308 g/mol. The number of hydrogen-bond donors (Lipinski definition) is 1.